The molecule has 7 heteroatoms. The third-order valence-electron chi connectivity index (χ3n) is 2.53. The zero-order valence-electron chi connectivity index (χ0n) is 10.7. The van der Waals surface area contributed by atoms with Crippen LogP contribution in [0.1, 0.15) is 11.3 Å². The Hall–Kier alpha value is -2.08. The monoisotopic (exact) mass is 313 g/mol. The van der Waals surface area contributed by atoms with E-state index in [2.05, 4.69) is 15.3 Å². The third kappa shape index (κ3) is 4.75. The van der Waals surface area contributed by atoms with E-state index < -0.39 is 11.9 Å². The molecular weight excluding hydrogens is 303 g/mol. The molecule has 0 fully saturated rings. The zero-order valence-corrected chi connectivity index (χ0v) is 11.5. The molecule has 2 aromatic rings. The van der Waals surface area contributed by atoms with E-state index in [1.54, 1.807) is 30.5 Å². The predicted molar refractivity (Wildman–Crippen MR) is 76.0 cm³/mol. The number of hydrogen-bond donors (Lipinski definition) is 1. The number of anilines is 1. The first-order valence-electron chi connectivity index (χ1n) is 6.00. The van der Waals surface area contributed by atoms with Crippen molar-refractivity contribution in [2.45, 2.75) is 6.18 Å². The van der Waals surface area contributed by atoms with Gasteiger partial charge in [-0.15, -0.1) is 0 Å². The van der Waals surface area contributed by atoms with E-state index in [0.717, 1.165) is 17.8 Å². The summed E-state index contributed by atoms with van der Waals surface area (Å²) in [5.41, 5.74) is 0.293. The van der Waals surface area contributed by atoms with Crippen molar-refractivity contribution in [2.24, 2.45) is 0 Å². The first kappa shape index (κ1) is 15.3. The molecule has 1 N–H and O–H groups in total. The van der Waals surface area contributed by atoms with E-state index >= 15 is 0 Å². The summed E-state index contributed by atoms with van der Waals surface area (Å²) in [5.74, 6) is 0. The molecule has 2 heterocycles. The molecule has 2 aromatic heterocycles. The van der Waals surface area contributed by atoms with Gasteiger partial charge in [0, 0.05) is 24.6 Å². The third-order valence-corrected chi connectivity index (χ3v) is 2.76. The fourth-order valence-electron chi connectivity index (χ4n) is 1.55. The van der Waals surface area contributed by atoms with E-state index in [-0.39, 0.29) is 0 Å². The standard InChI is InChI=1S/C14H11ClF3N3/c15-13-4-3-10(9-21-13)2-1-6-19-11-5-7-20-12(8-11)14(16,17)18/h1-5,7-9H,6H2,(H,19,20)/b2-1+. The Morgan fingerprint density at radius 3 is 2.67 bits per heavy atom. The highest BCUT2D eigenvalue weighted by molar-refractivity contribution is 6.29. The molecule has 0 aliphatic heterocycles. The normalized spacial score (nSPS) is 11.8. The fourth-order valence-corrected chi connectivity index (χ4v) is 1.66. The van der Waals surface area contributed by atoms with E-state index in [0.29, 0.717) is 17.4 Å². The molecule has 0 saturated heterocycles. The van der Waals surface area contributed by atoms with Crippen LogP contribution in [-0.2, 0) is 6.18 Å². The summed E-state index contributed by atoms with van der Waals surface area (Å²) in [6.07, 6.45) is 1.86. The molecule has 3 nitrogen and oxygen atoms in total. The van der Waals surface area contributed by atoms with E-state index in [1.807, 2.05) is 0 Å². The van der Waals surface area contributed by atoms with Crippen molar-refractivity contribution in [1.29, 1.82) is 0 Å². The van der Waals surface area contributed by atoms with Crippen LogP contribution in [0.15, 0.2) is 42.7 Å². The van der Waals surface area contributed by atoms with Crippen molar-refractivity contribution in [3.63, 3.8) is 0 Å². The molecule has 0 spiro atoms. The van der Waals surface area contributed by atoms with Gasteiger partial charge in [0.25, 0.3) is 0 Å². The van der Waals surface area contributed by atoms with Gasteiger partial charge in [-0.05, 0) is 23.8 Å². The molecule has 0 radical (unpaired) electrons. The summed E-state index contributed by atoms with van der Waals surface area (Å²) < 4.78 is 37.5. The van der Waals surface area contributed by atoms with Crippen LogP contribution in [0.2, 0.25) is 5.15 Å². The van der Waals surface area contributed by atoms with Gasteiger partial charge in [0.1, 0.15) is 10.8 Å². The van der Waals surface area contributed by atoms with Crippen LogP contribution < -0.4 is 5.32 Å². The zero-order chi connectivity index (χ0) is 15.3. The largest absolute Gasteiger partial charge is 0.433 e. The highest BCUT2D eigenvalue weighted by Crippen LogP contribution is 2.28. The maximum atomic E-state index is 12.5. The van der Waals surface area contributed by atoms with Crippen molar-refractivity contribution in [3.8, 4) is 0 Å². The Morgan fingerprint density at radius 2 is 2.00 bits per heavy atom. The lowest BCUT2D eigenvalue weighted by Gasteiger charge is -2.08. The Kier molecular flexibility index (Phi) is 4.80. The van der Waals surface area contributed by atoms with Gasteiger partial charge in [0.05, 0.1) is 0 Å². The van der Waals surface area contributed by atoms with E-state index in [9.17, 15) is 13.2 Å². The van der Waals surface area contributed by atoms with Gasteiger partial charge in [0.2, 0.25) is 0 Å². The Balaban J connectivity index is 1.93. The number of nitrogens with zero attached hydrogens (tertiary/aromatic N) is 2. The molecule has 0 saturated carbocycles. The molecular formula is C14H11ClF3N3. The number of hydrogen-bond acceptors (Lipinski definition) is 3. The van der Waals surface area contributed by atoms with Crippen LogP contribution >= 0.6 is 11.6 Å². The predicted octanol–water partition coefficient (Wildman–Crippen LogP) is 4.27. The maximum Gasteiger partial charge on any atom is 0.433 e. The van der Waals surface area contributed by atoms with Crippen molar-refractivity contribution in [1.82, 2.24) is 9.97 Å². The van der Waals surface area contributed by atoms with Crippen molar-refractivity contribution >= 4 is 23.4 Å². The van der Waals surface area contributed by atoms with Crippen LogP contribution in [0.3, 0.4) is 0 Å². The van der Waals surface area contributed by atoms with Crippen molar-refractivity contribution in [3.05, 3.63) is 59.1 Å². The first-order chi connectivity index (χ1) is 9.95. The summed E-state index contributed by atoms with van der Waals surface area (Å²) in [6.45, 7) is 0.379. The van der Waals surface area contributed by atoms with Gasteiger partial charge in [-0.25, -0.2) is 4.98 Å². The Morgan fingerprint density at radius 1 is 1.19 bits per heavy atom. The number of alkyl halides is 3. The second-order valence-corrected chi connectivity index (χ2v) is 4.51. The minimum atomic E-state index is -4.44. The maximum absolute atomic E-state index is 12.5. The molecule has 0 aliphatic carbocycles. The minimum absolute atomic E-state index is 0.358. The SMILES string of the molecule is FC(F)(F)c1cc(NC/C=C/c2ccc(Cl)nc2)ccn1. The smallest absolute Gasteiger partial charge is 0.381 e. The molecule has 0 aliphatic rings. The van der Waals surface area contributed by atoms with Gasteiger partial charge < -0.3 is 5.32 Å². The molecule has 0 unspecified atom stereocenters. The summed E-state index contributed by atoms with van der Waals surface area (Å²) in [5, 5.41) is 3.27. The molecule has 0 aromatic carbocycles. The van der Waals surface area contributed by atoms with Gasteiger partial charge >= 0.3 is 6.18 Å². The fraction of sp³-hybridized carbons (Fsp3) is 0.143. The molecule has 110 valence electrons. The van der Waals surface area contributed by atoms with Gasteiger partial charge in [-0.2, -0.15) is 13.2 Å². The Labute approximate surface area is 124 Å². The van der Waals surface area contributed by atoms with Crippen LogP contribution in [0.4, 0.5) is 18.9 Å². The lowest BCUT2D eigenvalue weighted by molar-refractivity contribution is -0.141. The number of halogens is 4. The highest BCUT2D eigenvalue weighted by atomic mass is 35.5. The second-order valence-electron chi connectivity index (χ2n) is 4.13. The number of aromatic nitrogens is 2. The van der Waals surface area contributed by atoms with E-state index in [4.69, 9.17) is 11.6 Å². The molecule has 21 heavy (non-hydrogen) atoms. The van der Waals surface area contributed by atoms with Crippen molar-refractivity contribution < 1.29 is 13.2 Å². The summed E-state index contributed by atoms with van der Waals surface area (Å²) >= 11 is 5.66. The lowest BCUT2D eigenvalue weighted by Crippen LogP contribution is -2.08. The summed E-state index contributed by atoms with van der Waals surface area (Å²) in [7, 11) is 0. The van der Waals surface area contributed by atoms with Gasteiger partial charge in [-0.3, -0.25) is 4.98 Å². The highest BCUT2D eigenvalue weighted by Gasteiger charge is 2.32. The van der Waals surface area contributed by atoms with Crippen LogP contribution in [0, 0.1) is 0 Å². The molecule has 0 amide bonds. The Bertz CT molecular complexity index is 624. The second kappa shape index (κ2) is 6.58. The van der Waals surface area contributed by atoms with Crippen molar-refractivity contribution in [2.75, 3.05) is 11.9 Å². The minimum Gasteiger partial charge on any atom is -0.381 e. The molecule has 0 bridgehead atoms. The average molecular weight is 314 g/mol. The van der Waals surface area contributed by atoms with Crippen LogP contribution in [0.25, 0.3) is 6.08 Å². The number of nitrogens with one attached hydrogen (secondary N) is 1. The van der Waals surface area contributed by atoms with Gasteiger partial charge in [-0.1, -0.05) is 29.8 Å². The van der Waals surface area contributed by atoms with E-state index in [1.165, 1.54) is 6.07 Å². The lowest BCUT2D eigenvalue weighted by atomic mass is 10.2. The molecule has 2 rings (SSSR count). The van der Waals surface area contributed by atoms with Crippen LogP contribution in [-0.4, -0.2) is 16.5 Å². The molecule has 0 atom stereocenters. The number of rotatable bonds is 4. The topological polar surface area (TPSA) is 37.8 Å². The van der Waals surface area contributed by atoms with Gasteiger partial charge in [0.15, 0.2) is 0 Å². The number of pyridine rings is 2. The summed E-state index contributed by atoms with van der Waals surface area (Å²) in [6, 6.07) is 5.90. The summed E-state index contributed by atoms with van der Waals surface area (Å²) in [4.78, 5) is 7.21. The average Bonchev–Trinajstić information content (AvgIpc) is 2.45. The van der Waals surface area contributed by atoms with Crippen LogP contribution in [0.5, 0.6) is 0 Å². The quantitative estimate of drug-likeness (QED) is 0.856. The first-order valence-corrected chi connectivity index (χ1v) is 6.38.